The van der Waals surface area contributed by atoms with E-state index in [0.29, 0.717) is 31.6 Å². The maximum Gasteiger partial charge on any atom is 0.472 e. The van der Waals surface area contributed by atoms with Crippen LogP contribution in [0.5, 0.6) is 0 Å². The molecule has 3 N–H and O–H groups in total. The quantitative estimate of drug-likeness (QED) is 0.0222. The van der Waals surface area contributed by atoms with E-state index in [1.165, 1.54) is 302 Å². The summed E-state index contributed by atoms with van der Waals surface area (Å²) in [4.78, 5) is 73.3. The Morgan fingerprint density at radius 3 is 0.630 bits per heavy atom. The molecule has 0 rings (SSSR count). The van der Waals surface area contributed by atoms with Gasteiger partial charge in [-0.15, -0.1) is 0 Å². The van der Waals surface area contributed by atoms with Gasteiger partial charge in [0.1, 0.15) is 19.3 Å². The van der Waals surface area contributed by atoms with Gasteiger partial charge in [0.25, 0.3) is 0 Å². The molecule has 0 saturated heterocycles. The van der Waals surface area contributed by atoms with Crippen molar-refractivity contribution >= 4 is 39.5 Å². The highest BCUT2D eigenvalue weighted by Crippen LogP contribution is 2.45. The molecular weight excluding hydrogens is 1400 g/mol. The molecule has 0 aromatic rings. The standard InChI is InChI=1S/C89H174O17P2/c1-6-9-12-15-18-21-24-27-30-32-34-36-38-40-42-44-47-49-52-57-62-67-72-86(91)99-78-84(105-88(93)75-70-65-59-54-51-48-45-43-41-39-37-35-33-31-28-25-22-19-16-13-10-7-2)80-103-107(95,96)101-76-83(90)77-102-108(97,98)104-81-85(79-100-87(92)73-68-63-60-55-56-61-66-71-82(4)5)106-89(94)74-69-64-58-53-50-46-29-26-23-20-17-14-11-8-3/h82-85,90H,6-81H2,1-5H3,(H,95,96)(H,97,98)/t83-,84-,85-/m1/s1. The molecular formula is C89H174O17P2. The number of carbonyl (C=O) groups is 4. The molecule has 0 aliphatic carbocycles. The van der Waals surface area contributed by atoms with Crippen molar-refractivity contribution in [1.82, 2.24) is 0 Å². The summed E-state index contributed by atoms with van der Waals surface area (Å²) in [7, 11) is -9.93. The molecule has 0 heterocycles. The zero-order valence-corrected chi connectivity index (χ0v) is 72.8. The van der Waals surface area contributed by atoms with Gasteiger partial charge in [0.05, 0.1) is 26.4 Å². The van der Waals surface area contributed by atoms with Crippen molar-refractivity contribution in [2.24, 2.45) is 5.92 Å². The summed E-state index contributed by atoms with van der Waals surface area (Å²) in [6, 6.07) is 0. The van der Waals surface area contributed by atoms with Crippen molar-refractivity contribution in [1.29, 1.82) is 0 Å². The van der Waals surface area contributed by atoms with E-state index < -0.39 is 97.5 Å². The van der Waals surface area contributed by atoms with Crippen LogP contribution in [0.15, 0.2) is 0 Å². The predicted molar refractivity (Wildman–Crippen MR) is 446 cm³/mol. The Kier molecular flexibility index (Phi) is 80.2. The first-order valence-electron chi connectivity index (χ1n) is 46.1. The fourth-order valence-corrected chi connectivity index (χ4v) is 15.6. The van der Waals surface area contributed by atoms with Gasteiger partial charge in [-0.05, 0) is 31.6 Å². The van der Waals surface area contributed by atoms with E-state index in [4.69, 9.17) is 37.0 Å². The van der Waals surface area contributed by atoms with E-state index in [2.05, 4.69) is 34.6 Å². The molecule has 0 saturated carbocycles. The average molecular weight is 1580 g/mol. The van der Waals surface area contributed by atoms with Crippen molar-refractivity contribution in [3.05, 3.63) is 0 Å². The minimum absolute atomic E-state index is 0.108. The predicted octanol–water partition coefficient (Wildman–Crippen LogP) is 27.5. The lowest BCUT2D eigenvalue weighted by atomic mass is 10.0. The number of aliphatic hydroxyl groups is 1. The van der Waals surface area contributed by atoms with Gasteiger partial charge in [-0.25, -0.2) is 9.13 Å². The molecule has 17 nitrogen and oxygen atoms in total. The third kappa shape index (κ3) is 82.1. The Hall–Kier alpha value is -1.94. The number of phosphoric acid groups is 2. The molecule has 0 bridgehead atoms. The Morgan fingerprint density at radius 2 is 0.426 bits per heavy atom. The molecule has 0 aromatic heterocycles. The Labute approximate surface area is 664 Å². The van der Waals surface area contributed by atoms with E-state index in [-0.39, 0.29) is 25.7 Å². The number of ether oxygens (including phenoxy) is 4. The third-order valence-electron chi connectivity index (χ3n) is 21.0. The van der Waals surface area contributed by atoms with Crippen LogP contribution in [-0.4, -0.2) is 96.7 Å². The maximum atomic E-state index is 13.2. The van der Waals surface area contributed by atoms with Gasteiger partial charge in [0, 0.05) is 25.7 Å². The van der Waals surface area contributed by atoms with Crippen LogP contribution in [0.3, 0.4) is 0 Å². The molecule has 642 valence electrons. The van der Waals surface area contributed by atoms with Crippen LogP contribution in [0.4, 0.5) is 0 Å². The number of phosphoric ester groups is 2. The zero-order valence-electron chi connectivity index (χ0n) is 71.0. The van der Waals surface area contributed by atoms with E-state index in [0.717, 1.165) is 96.3 Å². The summed E-state index contributed by atoms with van der Waals surface area (Å²) in [5, 5.41) is 10.7. The van der Waals surface area contributed by atoms with Gasteiger partial charge in [0.15, 0.2) is 12.2 Å². The van der Waals surface area contributed by atoms with Crippen LogP contribution >= 0.6 is 15.6 Å². The van der Waals surface area contributed by atoms with Crippen LogP contribution in [0.25, 0.3) is 0 Å². The first-order valence-corrected chi connectivity index (χ1v) is 49.1. The maximum absolute atomic E-state index is 13.2. The summed E-state index contributed by atoms with van der Waals surface area (Å²) in [5.74, 6) is -1.39. The summed E-state index contributed by atoms with van der Waals surface area (Å²) in [6.45, 7) is 7.32. The summed E-state index contributed by atoms with van der Waals surface area (Å²) < 4.78 is 68.9. The third-order valence-corrected chi connectivity index (χ3v) is 22.9. The molecule has 5 atom stereocenters. The normalized spacial score (nSPS) is 13.7. The second kappa shape index (κ2) is 81.6. The molecule has 2 unspecified atom stereocenters. The van der Waals surface area contributed by atoms with Crippen molar-refractivity contribution < 1.29 is 80.2 Å². The number of hydrogen-bond donors (Lipinski definition) is 3. The van der Waals surface area contributed by atoms with Crippen LogP contribution < -0.4 is 0 Å². The smallest absolute Gasteiger partial charge is 0.462 e. The lowest BCUT2D eigenvalue weighted by Gasteiger charge is -2.21. The molecule has 0 aromatic carbocycles. The average Bonchev–Trinajstić information content (AvgIpc) is 0.900. The van der Waals surface area contributed by atoms with Crippen molar-refractivity contribution in [3.63, 3.8) is 0 Å². The molecule has 108 heavy (non-hydrogen) atoms. The zero-order chi connectivity index (χ0) is 79.0. The second-order valence-corrected chi connectivity index (χ2v) is 35.4. The van der Waals surface area contributed by atoms with Gasteiger partial charge in [-0.1, -0.05) is 433 Å². The molecule has 0 amide bonds. The number of esters is 4. The molecule has 0 radical (unpaired) electrons. The molecule has 0 aliphatic heterocycles. The Balaban J connectivity index is 5.19. The fourth-order valence-electron chi connectivity index (χ4n) is 14.0. The molecule has 0 fully saturated rings. The van der Waals surface area contributed by atoms with Gasteiger partial charge in [-0.2, -0.15) is 0 Å². The monoisotopic (exact) mass is 1580 g/mol. The fraction of sp³-hybridized carbons (Fsp3) is 0.955. The first kappa shape index (κ1) is 106. The van der Waals surface area contributed by atoms with Gasteiger partial charge in [-0.3, -0.25) is 37.3 Å². The molecule has 0 spiro atoms. The number of unbranched alkanes of at least 4 members (excludes halogenated alkanes) is 61. The van der Waals surface area contributed by atoms with Gasteiger partial charge >= 0.3 is 39.5 Å². The topological polar surface area (TPSA) is 237 Å². The highest BCUT2D eigenvalue weighted by Gasteiger charge is 2.30. The lowest BCUT2D eigenvalue weighted by molar-refractivity contribution is -0.161. The second-order valence-electron chi connectivity index (χ2n) is 32.5. The molecule has 19 heteroatoms. The SMILES string of the molecule is CCCCCCCCCCCCCCCCCCCCCCCCC(=O)OC[C@H](COP(=O)(O)OC[C@@H](O)COP(=O)(O)OC[C@@H](COC(=O)CCCCCCCCCC(C)C)OC(=O)CCCCCCCCCCCCCCCC)OC(=O)CCCCCCCCCCCCCCCCCCCCCCCC. The highest BCUT2D eigenvalue weighted by atomic mass is 31.2. The summed E-state index contributed by atoms with van der Waals surface area (Å²) in [5.41, 5.74) is 0. The first-order chi connectivity index (χ1) is 52.5. The number of aliphatic hydroxyl groups excluding tert-OH is 1. The van der Waals surface area contributed by atoms with Crippen LogP contribution in [0.1, 0.15) is 484 Å². The van der Waals surface area contributed by atoms with Crippen molar-refractivity contribution in [2.45, 2.75) is 502 Å². The lowest BCUT2D eigenvalue weighted by Crippen LogP contribution is -2.30. The van der Waals surface area contributed by atoms with E-state index >= 15 is 0 Å². The van der Waals surface area contributed by atoms with E-state index in [1.54, 1.807) is 0 Å². The minimum atomic E-state index is -4.97. The van der Waals surface area contributed by atoms with Gasteiger partial charge in [0.2, 0.25) is 0 Å². The summed E-state index contributed by atoms with van der Waals surface area (Å²) >= 11 is 0. The van der Waals surface area contributed by atoms with Crippen LogP contribution in [0.2, 0.25) is 0 Å². The Morgan fingerprint density at radius 1 is 0.250 bits per heavy atom. The molecule has 0 aliphatic rings. The number of carbonyl (C=O) groups excluding carboxylic acids is 4. The van der Waals surface area contributed by atoms with Crippen LogP contribution in [0, 0.1) is 5.92 Å². The van der Waals surface area contributed by atoms with E-state index in [1.807, 2.05) is 0 Å². The van der Waals surface area contributed by atoms with Crippen LogP contribution in [-0.2, 0) is 65.4 Å². The number of rotatable bonds is 89. The Bertz CT molecular complexity index is 2050. The largest absolute Gasteiger partial charge is 0.472 e. The number of hydrogen-bond acceptors (Lipinski definition) is 15. The highest BCUT2D eigenvalue weighted by molar-refractivity contribution is 7.47. The van der Waals surface area contributed by atoms with Crippen molar-refractivity contribution in [2.75, 3.05) is 39.6 Å². The minimum Gasteiger partial charge on any atom is -0.462 e. The van der Waals surface area contributed by atoms with E-state index in [9.17, 15) is 43.2 Å². The summed E-state index contributed by atoms with van der Waals surface area (Å²) in [6.07, 6.45) is 76.7. The van der Waals surface area contributed by atoms with Gasteiger partial charge < -0.3 is 33.8 Å². The van der Waals surface area contributed by atoms with Crippen molar-refractivity contribution in [3.8, 4) is 0 Å².